The van der Waals surface area contributed by atoms with Crippen molar-refractivity contribution in [1.82, 2.24) is 5.32 Å². The zero-order valence-electron chi connectivity index (χ0n) is 11.7. The van der Waals surface area contributed by atoms with Crippen LogP contribution in [-0.2, 0) is 0 Å². The van der Waals surface area contributed by atoms with Crippen LogP contribution in [0.1, 0.15) is 48.5 Å². The van der Waals surface area contributed by atoms with Gasteiger partial charge in [-0.25, -0.2) is 0 Å². The summed E-state index contributed by atoms with van der Waals surface area (Å²) in [5.41, 5.74) is 0.426. The molecule has 1 aliphatic carbocycles. The number of nitrogens with one attached hydrogen (secondary N) is 1. The molecule has 4 heteroatoms. The highest BCUT2D eigenvalue weighted by Crippen LogP contribution is 2.31. The number of rotatable bonds is 3. The standard InChI is InChI=1S/C16H20N2O2/c1-12-5-7-16(11-19,8-6-12)18-15(20)14-4-2-3-13(9-14)10-17/h2-4,9,12,19H,5-8,11H2,1H3,(H,18,20). The lowest BCUT2D eigenvalue weighted by Gasteiger charge is -2.38. The minimum atomic E-state index is -0.508. The molecule has 0 bridgehead atoms. The van der Waals surface area contributed by atoms with Gasteiger partial charge in [-0.15, -0.1) is 0 Å². The van der Waals surface area contributed by atoms with Gasteiger partial charge in [-0.3, -0.25) is 4.79 Å². The summed E-state index contributed by atoms with van der Waals surface area (Å²) in [6, 6.07) is 8.65. The quantitative estimate of drug-likeness (QED) is 0.886. The Kier molecular flexibility index (Phi) is 4.41. The molecule has 0 heterocycles. The number of hydrogen-bond acceptors (Lipinski definition) is 3. The molecule has 0 atom stereocenters. The Morgan fingerprint density at radius 2 is 2.20 bits per heavy atom. The summed E-state index contributed by atoms with van der Waals surface area (Å²) >= 11 is 0. The summed E-state index contributed by atoms with van der Waals surface area (Å²) in [4.78, 5) is 12.3. The predicted molar refractivity (Wildman–Crippen MR) is 76.1 cm³/mol. The molecule has 1 aromatic rings. The Bertz CT molecular complexity index is 526. The molecular formula is C16H20N2O2. The van der Waals surface area contributed by atoms with Gasteiger partial charge in [-0.2, -0.15) is 5.26 Å². The van der Waals surface area contributed by atoms with Crippen LogP contribution in [0.4, 0.5) is 0 Å². The van der Waals surface area contributed by atoms with Crippen molar-refractivity contribution in [3.8, 4) is 6.07 Å². The first-order chi connectivity index (χ1) is 9.58. The van der Waals surface area contributed by atoms with Gasteiger partial charge in [0.05, 0.1) is 23.8 Å². The van der Waals surface area contributed by atoms with E-state index >= 15 is 0 Å². The molecule has 1 fully saturated rings. The van der Waals surface area contributed by atoms with Crippen molar-refractivity contribution in [2.24, 2.45) is 5.92 Å². The lowest BCUT2D eigenvalue weighted by atomic mass is 9.77. The summed E-state index contributed by atoms with van der Waals surface area (Å²) in [7, 11) is 0. The molecule has 2 N–H and O–H groups in total. The maximum Gasteiger partial charge on any atom is 0.251 e. The van der Waals surface area contributed by atoms with Gasteiger partial charge in [-0.1, -0.05) is 13.0 Å². The van der Waals surface area contributed by atoms with Crippen LogP contribution in [0.5, 0.6) is 0 Å². The van der Waals surface area contributed by atoms with Crippen molar-refractivity contribution >= 4 is 5.91 Å². The molecule has 1 aliphatic rings. The molecule has 0 aliphatic heterocycles. The van der Waals surface area contributed by atoms with Gasteiger partial charge in [0.1, 0.15) is 0 Å². The minimum Gasteiger partial charge on any atom is -0.394 e. The molecule has 2 rings (SSSR count). The molecule has 106 valence electrons. The number of aliphatic hydroxyl groups excluding tert-OH is 1. The SMILES string of the molecule is CC1CCC(CO)(NC(=O)c2cccc(C#N)c2)CC1. The van der Waals surface area contributed by atoms with E-state index in [1.54, 1.807) is 24.3 Å². The van der Waals surface area contributed by atoms with E-state index in [2.05, 4.69) is 12.2 Å². The Labute approximate surface area is 119 Å². The van der Waals surface area contributed by atoms with Crippen LogP contribution in [0.25, 0.3) is 0 Å². The fourth-order valence-electron chi connectivity index (χ4n) is 2.68. The van der Waals surface area contributed by atoms with Crippen LogP contribution in [0.3, 0.4) is 0 Å². The van der Waals surface area contributed by atoms with Crippen LogP contribution in [0, 0.1) is 17.2 Å². The molecule has 4 nitrogen and oxygen atoms in total. The van der Waals surface area contributed by atoms with E-state index in [-0.39, 0.29) is 12.5 Å². The molecule has 0 spiro atoms. The van der Waals surface area contributed by atoms with E-state index in [9.17, 15) is 9.90 Å². The van der Waals surface area contributed by atoms with Crippen LogP contribution in [-0.4, -0.2) is 23.2 Å². The predicted octanol–water partition coefficient (Wildman–Crippen LogP) is 2.23. The average molecular weight is 272 g/mol. The number of amides is 1. The topological polar surface area (TPSA) is 73.1 Å². The monoisotopic (exact) mass is 272 g/mol. The normalized spacial score (nSPS) is 25.8. The number of hydrogen-bond donors (Lipinski definition) is 2. The average Bonchev–Trinajstić information content (AvgIpc) is 2.50. The Balaban J connectivity index is 2.11. The first kappa shape index (κ1) is 14.5. The number of nitrogens with zero attached hydrogens (tertiary/aromatic N) is 1. The second-order valence-electron chi connectivity index (χ2n) is 5.77. The van der Waals surface area contributed by atoms with Gasteiger partial charge in [0.25, 0.3) is 5.91 Å². The van der Waals surface area contributed by atoms with E-state index < -0.39 is 5.54 Å². The second-order valence-corrected chi connectivity index (χ2v) is 5.77. The fourth-order valence-corrected chi connectivity index (χ4v) is 2.68. The van der Waals surface area contributed by atoms with Crippen molar-refractivity contribution in [3.63, 3.8) is 0 Å². The summed E-state index contributed by atoms with van der Waals surface area (Å²) in [5, 5.41) is 21.5. The van der Waals surface area contributed by atoms with Gasteiger partial charge >= 0.3 is 0 Å². The molecule has 0 radical (unpaired) electrons. The van der Waals surface area contributed by atoms with Crippen molar-refractivity contribution in [2.45, 2.75) is 38.1 Å². The van der Waals surface area contributed by atoms with Gasteiger partial charge in [0, 0.05) is 5.56 Å². The fraction of sp³-hybridized carbons (Fsp3) is 0.500. The van der Waals surface area contributed by atoms with Crippen molar-refractivity contribution in [1.29, 1.82) is 5.26 Å². The molecule has 0 saturated heterocycles. The molecule has 1 amide bonds. The number of carbonyl (C=O) groups is 1. The van der Waals surface area contributed by atoms with Gasteiger partial charge < -0.3 is 10.4 Å². The summed E-state index contributed by atoms with van der Waals surface area (Å²) in [6.07, 6.45) is 3.63. The first-order valence-electron chi connectivity index (χ1n) is 7.02. The van der Waals surface area contributed by atoms with Gasteiger partial charge in [0.15, 0.2) is 0 Å². The number of carbonyl (C=O) groups excluding carboxylic acids is 1. The summed E-state index contributed by atoms with van der Waals surface area (Å²) < 4.78 is 0. The van der Waals surface area contributed by atoms with E-state index in [4.69, 9.17) is 5.26 Å². The first-order valence-corrected chi connectivity index (χ1v) is 7.02. The molecule has 1 saturated carbocycles. The van der Waals surface area contributed by atoms with Crippen LogP contribution >= 0.6 is 0 Å². The third-order valence-electron chi connectivity index (χ3n) is 4.17. The van der Waals surface area contributed by atoms with Gasteiger partial charge in [-0.05, 0) is 49.8 Å². The third kappa shape index (κ3) is 3.17. The lowest BCUT2D eigenvalue weighted by molar-refractivity contribution is 0.0717. The minimum absolute atomic E-state index is 0.0383. The zero-order chi connectivity index (χ0) is 14.6. The molecule has 0 unspecified atom stereocenters. The number of benzene rings is 1. The van der Waals surface area contributed by atoms with Crippen LogP contribution in [0.15, 0.2) is 24.3 Å². The van der Waals surface area contributed by atoms with E-state index in [0.717, 1.165) is 25.7 Å². The van der Waals surface area contributed by atoms with E-state index in [0.29, 0.717) is 17.0 Å². The van der Waals surface area contributed by atoms with Crippen molar-refractivity contribution < 1.29 is 9.90 Å². The Morgan fingerprint density at radius 3 is 2.80 bits per heavy atom. The second kappa shape index (κ2) is 6.06. The zero-order valence-corrected chi connectivity index (χ0v) is 11.7. The smallest absolute Gasteiger partial charge is 0.251 e. The molecular weight excluding hydrogens is 252 g/mol. The van der Waals surface area contributed by atoms with Gasteiger partial charge in [0.2, 0.25) is 0 Å². The summed E-state index contributed by atoms with van der Waals surface area (Å²) in [5.74, 6) is 0.430. The largest absolute Gasteiger partial charge is 0.394 e. The van der Waals surface area contributed by atoms with Crippen molar-refractivity contribution in [3.05, 3.63) is 35.4 Å². The van der Waals surface area contributed by atoms with E-state index in [1.165, 1.54) is 0 Å². The molecule has 1 aromatic carbocycles. The highest BCUT2D eigenvalue weighted by atomic mass is 16.3. The lowest BCUT2D eigenvalue weighted by Crippen LogP contribution is -2.53. The third-order valence-corrected chi connectivity index (χ3v) is 4.17. The number of aliphatic hydroxyl groups is 1. The Morgan fingerprint density at radius 1 is 1.50 bits per heavy atom. The highest BCUT2D eigenvalue weighted by molar-refractivity contribution is 5.95. The van der Waals surface area contributed by atoms with Crippen LogP contribution < -0.4 is 5.32 Å². The molecule has 0 aromatic heterocycles. The Hall–Kier alpha value is -1.86. The van der Waals surface area contributed by atoms with E-state index in [1.807, 2.05) is 6.07 Å². The summed E-state index contributed by atoms with van der Waals surface area (Å²) in [6.45, 7) is 2.16. The maximum atomic E-state index is 12.3. The van der Waals surface area contributed by atoms with Crippen LogP contribution in [0.2, 0.25) is 0 Å². The van der Waals surface area contributed by atoms with Crippen molar-refractivity contribution in [2.75, 3.05) is 6.61 Å². The number of nitriles is 1. The molecule has 20 heavy (non-hydrogen) atoms. The highest BCUT2D eigenvalue weighted by Gasteiger charge is 2.35. The maximum absolute atomic E-state index is 12.3.